The fourth-order valence-corrected chi connectivity index (χ4v) is 4.28. The number of nitrogens with one attached hydrogen (secondary N) is 1. The lowest BCUT2D eigenvalue weighted by Crippen LogP contribution is -2.50. The third kappa shape index (κ3) is 6.37. The maximum absolute atomic E-state index is 13.6. The molecule has 172 valence electrons. The van der Waals surface area contributed by atoms with E-state index < -0.39 is 6.04 Å². The Labute approximate surface area is 205 Å². The van der Waals surface area contributed by atoms with Gasteiger partial charge in [0.1, 0.15) is 6.04 Å². The van der Waals surface area contributed by atoms with Gasteiger partial charge in [-0.25, -0.2) is 0 Å². The van der Waals surface area contributed by atoms with E-state index in [2.05, 4.69) is 5.32 Å². The van der Waals surface area contributed by atoms with E-state index >= 15 is 0 Å². The molecule has 0 saturated carbocycles. The van der Waals surface area contributed by atoms with Gasteiger partial charge in [-0.15, -0.1) is 0 Å². The van der Waals surface area contributed by atoms with E-state index in [1.165, 1.54) is 5.56 Å². The standard InChI is InChI=1S/C27H28Cl2N2O2/c1-18-12-13-21(14-19(18)2)16-26(32)31(17-22-23(28)10-7-11-24(22)29)25(27(33)30-3)15-20-8-5-4-6-9-20/h4-14,25H,15-17H2,1-3H3,(H,30,33). The number of nitrogens with zero attached hydrogens (tertiary/aromatic N) is 1. The maximum atomic E-state index is 13.6. The first-order valence-electron chi connectivity index (χ1n) is 10.8. The fourth-order valence-electron chi connectivity index (χ4n) is 3.76. The van der Waals surface area contributed by atoms with Crippen molar-refractivity contribution >= 4 is 35.0 Å². The van der Waals surface area contributed by atoms with Crippen molar-refractivity contribution in [3.8, 4) is 0 Å². The van der Waals surface area contributed by atoms with E-state index in [4.69, 9.17) is 23.2 Å². The van der Waals surface area contributed by atoms with Crippen LogP contribution >= 0.6 is 23.2 Å². The van der Waals surface area contributed by atoms with Crippen LogP contribution in [0.2, 0.25) is 10.0 Å². The van der Waals surface area contributed by atoms with Crippen molar-refractivity contribution in [1.82, 2.24) is 10.2 Å². The summed E-state index contributed by atoms with van der Waals surface area (Å²) in [4.78, 5) is 28.2. The van der Waals surface area contributed by atoms with E-state index in [0.717, 1.165) is 16.7 Å². The number of carbonyl (C=O) groups is 2. The minimum Gasteiger partial charge on any atom is -0.357 e. The average Bonchev–Trinajstić information content (AvgIpc) is 2.80. The van der Waals surface area contributed by atoms with E-state index in [1.807, 2.05) is 62.4 Å². The summed E-state index contributed by atoms with van der Waals surface area (Å²) in [5.74, 6) is -0.408. The van der Waals surface area contributed by atoms with Crippen molar-refractivity contribution in [3.05, 3.63) is 105 Å². The normalized spacial score (nSPS) is 11.7. The Morgan fingerprint density at radius 2 is 1.55 bits per heavy atom. The highest BCUT2D eigenvalue weighted by molar-refractivity contribution is 6.36. The number of halogens is 2. The molecule has 0 aromatic heterocycles. The third-order valence-electron chi connectivity index (χ3n) is 5.83. The zero-order chi connectivity index (χ0) is 24.0. The molecule has 3 rings (SSSR count). The molecule has 0 aliphatic carbocycles. The molecule has 1 atom stereocenters. The van der Waals surface area contributed by atoms with E-state index in [0.29, 0.717) is 22.0 Å². The number of carbonyl (C=O) groups excluding carboxylic acids is 2. The van der Waals surface area contributed by atoms with Crippen LogP contribution in [-0.4, -0.2) is 29.8 Å². The highest BCUT2D eigenvalue weighted by Crippen LogP contribution is 2.27. The summed E-state index contributed by atoms with van der Waals surface area (Å²) in [6, 6.07) is 20.1. The molecule has 4 nitrogen and oxygen atoms in total. The fraction of sp³-hybridized carbons (Fsp3) is 0.259. The number of hydrogen-bond acceptors (Lipinski definition) is 2. The largest absolute Gasteiger partial charge is 0.357 e. The van der Waals surface area contributed by atoms with Gasteiger partial charge in [0.2, 0.25) is 11.8 Å². The van der Waals surface area contributed by atoms with Crippen LogP contribution in [0.5, 0.6) is 0 Å². The van der Waals surface area contributed by atoms with Gasteiger partial charge in [-0.1, -0.05) is 77.8 Å². The Hall–Kier alpha value is -2.82. The van der Waals surface area contributed by atoms with Gasteiger partial charge in [-0.2, -0.15) is 0 Å². The van der Waals surface area contributed by atoms with Crippen LogP contribution < -0.4 is 5.32 Å². The van der Waals surface area contributed by atoms with Gasteiger partial charge < -0.3 is 10.2 Å². The SMILES string of the molecule is CNC(=O)C(Cc1ccccc1)N(Cc1c(Cl)cccc1Cl)C(=O)Cc1ccc(C)c(C)c1. The van der Waals surface area contributed by atoms with Crippen LogP contribution in [0.1, 0.15) is 27.8 Å². The van der Waals surface area contributed by atoms with Crippen LogP contribution in [-0.2, 0) is 29.0 Å². The van der Waals surface area contributed by atoms with E-state index in [1.54, 1.807) is 30.1 Å². The Kier molecular flexibility index (Phi) is 8.54. The first kappa shape index (κ1) is 24.8. The number of hydrogen-bond donors (Lipinski definition) is 1. The first-order chi connectivity index (χ1) is 15.8. The zero-order valence-corrected chi connectivity index (χ0v) is 20.6. The van der Waals surface area contributed by atoms with Gasteiger partial charge in [0.25, 0.3) is 0 Å². The highest BCUT2D eigenvalue weighted by atomic mass is 35.5. The second-order valence-electron chi connectivity index (χ2n) is 8.14. The quantitative estimate of drug-likeness (QED) is 0.458. The molecule has 0 aliphatic heterocycles. The zero-order valence-electron chi connectivity index (χ0n) is 19.1. The summed E-state index contributed by atoms with van der Waals surface area (Å²) in [5.41, 5.74) is 4.76. The van der Waals surface area contributed by atoms with Crippen LogP contribution in [0.3, 0.4) is 0 Å². The maximum Gasteiger partial charge on any atom is 0.242 e. The summed E-state index contributed by atoms with van der Waals surface area (Å²) < 4.78 is 0. The molecular weight excluding hydrogens is 455 g/mol. The van der Waals surface area contributed by atoms with Gasteiger partial charge in [0.05, 0.1) is 6.42 Å². The molecular formula is C27H28Cl2N2O2. The summed E-state index contributed by atoms with van der Waals surface area (Å²) in [7, 11) is 1.58. The number of amides is 2. The summed E-state index contributed by atoms with van der Waals surface area (Å²) in [6.45, 7) is 4.19. The molecule has 1 N–H and O–H groups in total. The van der Waals surface area contributed by atoms with Gasteiger partial charge in [0, 0.05) is 35.6 Å². The predicted molar refractivity (Wildman–Crippen MR) is 135 cm³/mol. The van der Waals surface area contributed by atoms with E-state index in [9.17, 15) is 9.59 Å². The van der Waals surface area contributed by atoms with Crippen LogP contribution in [0.25, 0.3) is 0 Å². The van der Waals surface area contributed by atoms with Crippen molar-refractivity contribution in [2.75, 3.05) is 7.05 Å². The molecule has 0 radical (unpaired) electrons. The van der Waals surface area contributed by atoms with Gasteiger partial charge in [0.15, 0.2) is 0 Å². The minimum absolute atomic E-state index is 0.132. The second kappa shape index (κ2) is 11.4. The average molecular weight is 483 g/mol. The summed E-state index contributed by atoms with van der Waals surface area (Å²) >= 11 is 12.9. The smallest absolute Gasteiger partial charge is 0.242 e. The summed E-state index contributed by atoms with van der Waals surface area (Å²) in [6.07, 6.45) is 0.548. The van der Waals surface area contributed by atoms with Crippen molar-refractivity contribution in [1.29, 1.82) is 0 Å². The molecule has 33 heavy (non-hydrogen) atoms. The number of likely N-dealkylation sites (N-methyl/N-ethyl adjacent to an activating group) is 1. The molecule has 6 heteroatoms. The number of rotatable bonds is 8. The van der Waals surface area contributed by atoms with Crippen molar-refractivity contribution in [3.63, 3.8) is 0 Å². The lowest BCUT2D eigenvalue weighted by molar-refractivity contribution is -0.140. The summed E-state index contributed by atoms with van der Waals surface area (Å²) in [5, 5.41) is 3.64. The van der Waals surface area contributed by atoms with Crippen molar-refractivity contribution < 1.29 is 9.59 Å². The first-order valence-corrected chi connectivity index (χ1v) is 11.6. The number of aryl methyl sites for hydroxylation is 2. The molecule has 0 saturated heterocycles. The monoisotopic (exact) mass is 482 g/mol. The molecule has 3 aromatic rings. The molecule has 0 spiro atoms. The molecule has 3 aromatic carbocycles. The van der Waals surface area contributed by atoms with Gasteiger partial charge >= 0.3 is 0 Å². The van der Waals surface area contributed by atoms with Gasteiger partial charge in [-0.05, 0) is 48.2 Å². The molecule has 1 unspecified atom stereocenters. The lowest BCUT2D eigenvalue weighted by atomic mass is 10.0. The van der Waals surface area contributed by atoms with Crippen molar-refractivity contribution in [2.45, 2.75) is 39.3 Å². The van der Waals surface area contributed by atoms with Gasteiger partial charge in [-0.3, -0.25) is 9.59 Å². The molecule has 0 aliphatic rings. The molecule has 2 amide bonds. The Morgan fingerprint density at radius 3 is 2.15 bits per heavy atom. The van der Waals surface area contributed by atoms with E-state index in [-0.39, 0.29) is 24.8 Å². The third-order valence-corrected chi connectivity index (χ3v) is 6.54. The molecule has 0 bridgehead atoms. The highest BCUT2D eigenvalue weighted by Gasteiger charge is 2.30. The Bertz CT molecular complexity index is 1110. The lowest BCUT2D eigenvalue weighted by Gasteiger charge is -2.32. The van der Waals surface area contributed by atoms with Crippen molar-refractivity contribution in [2.24, 2.45) is 0 Å². The van der Waals surface area contributed by atoms with Crippen LogP contribution in [0.15, 0.2) is 66.7 Å². The second-order valence-corrected chi connectivity index (χ2v) is 8.95. The number of benzene rings is 3. The topological polar surface area (TPSA) is 49.4 Å². The van der Waals surface area contributed by atoms with Crippen LogP contribution in [0.4, 0.5) is 0 Å². The molecule has 0 fully saturated rings. The minimum atomic E-state index is -0.719. The Balaban J connectivity index is 2.00. The molecule has 0 heterocycles. The predicted octanol–water partition coefficient (Wildman–Crippen LogP) is 5.54. The van der Waals surface area contributed by atoms with Crippen LogP contribution in [0, 0.1) is 13.8 Å². The Morgan fingerprint density at radius 1 is 0.879 bits per heavy atom.